The molecule has 0 spiro atoms. The van der Waals surface area contributed by atoms with Gasteiger partial charge in [-0.2, -0.15) is 0 Å². The van der Waals surface area contributed by atoms with Crippen LogP contribution >= 0.6 is 27.5 Å². The molecule has 0 fully saturated rings. The fraction of sp³-hybridized carbons (Fsp3) is 0.286. The average Bonchev–Trinajstić information content (AvgIpc) is 2.43. The van der Waals surface area contributed by atoms with Crippen molar-refractivity contribution in [2.75, 3.05) is 5.32 Å². The zero-order chi connectivity index (χ0) is 14.7. The Morgan fingerprint density at radius 1 is 1.25 bits per heavy atom. The Morgan fingerprint density at radius 2 is 1.90 bits per heavy atom. The molecule has 0 unspecified atom stereocenters. The predicted octanol–water partition coefficient (Wildman–Crippen LogP) is 3.71. The lowest BCUT2D eigenvalue weighted by atomic mass is 9.82. The molecule has 1 aromatic carbocycles. The number of allylic oxidation sites excluding steroid dienone is 2. The predicted molar refractivity (Wildman–Crippen MR) is 80.8 cm³/mol. The number of rotatable bonds is 3. The van der Waals surface area contributed by atoms with Crippen molar-refractivity contribution >= 4 is 45.1 Å². The third-order valence-corrected chi connectivity index (χ3v) is 4.69. The molecule has 20 heavy (non-hydrogen) atoms. The first-order chi connectivity index (χ1) is 9.50. The summed E-state index contributed by atoms with van der Waals surface area (Å²) >= 11 is 9.26. The van der Waals surface area contributed by atoms with Gasteiger partial charge in [-0.25, -0.2) is 0 Å². The van der Waals surface area contributed by atoms with Crippen LogP contribution < -0.4 is 5.32 Å². The van der Waals surface area contributed by atoms with Crippen LogP contribution in [0.25, 0.3) is 0 Å². The highest BCUT2D eigenvalue weighted by molar-refractivity contribution is 9.10. The average molecular weight is 359 g/mol. The largest absolute Gasteiger partial charge is 0.481 e. The van der Waals surface area contributed by atoms with Crippen LogP contribution in [0.1, 0.15) is 12.8 Å². The van der Waals surface area contributed by atoms with E-state index in [2.05, 4.69) is 21.2 Å². The lowest BCUT2D eigenvalue weighted by Crippen LogP contribution is -2.34. The number of halogens is 2. The minimum absolute atomic E-state index is 0.301. The normalized spacial score (nSPS) is 21.5. The molecular formula is C14H13BrClNO3. The molecule has 0 heterocycles. The van der Waals surface area contributed by atoms with E-state index in [0.717, 1.165) is 0 Å². The summed E-state index contributed by atoms with van der Waals surface area (Å²) in [6.07, 6.45) is 4.46. The second kappa shape index (κ2) is 6.41. The molecule has 2 N–H and O–H groups in total. The van der Waals surface area contributed by atoms with Gasteiger partial charge in [0.25, 0.3) is 0 Å². The van der Waals surface area contributed by atoms with Gasteiger partial charge in [0.05, 0.1) is 27.0 Å². The Balaban J connectivity index is 2.17. The van der Waals surface area contributed by atoms with E-state index in [4.69, 9.17) is 11.6 Å². The Bertz CT molecular complexity index is 574. The summed E-state index contributed by atoms with van der Waals surface area (Å²) in [7, 11) is 0. The zero-order valence-electron chi connectivity index (χ0n) is 10.5. The molecule has 0 saturated heterocycles. The standard InChI is InChI=1S/C14H13BrClNO3/c15-12-10(16)6-3-7-11(12)17-13(18)8-4-1-2-5-9(8)14(19)20/h1-3,6-9H,4-5H2,(H,17,18)(H,19,20)/t8-,9+/m1/s1. The fourth-order valence-electron chi connectivity index (χ4n) is 2.20. The minimum atomic E-state index is -0.945. The molecule has 0 saturated carbocycles. The maximum Gasteiger partial charge on any atom is 0.307 e. The summed E-state index contributed by atoms with van der Waals surface area (Å²) in [5, 5.41) is 12.4. The highest BCUT2D eigenvalue weighted by Gasteiger charge is 2.34. The smallest absolute Gasteiger partial charge is 0.307 e. The van der Waals surface area contributed by atoms with Crippen LogP contribution in [0.4, 0.5) is 5.69 Å². The molecule has 2 rings (SSSR count). The number of hydrogen-bond donors (Lipinski definition) is 2. The van der Waals surface area contributed by atoms with Gasteiger partial charge in [-0.1, -0.05) is 29.8 Å². The number of carboxylic acids is 1. The van der Waals surface area contributed by atoms with E-state index in [9.17, 15) is 14.7 Å². The van der Waals surface area contributed by atoms with E-state index >= 15 is 0 Å². The number of aliphatic carboxylic acids is 1. The molecule has 0 radical (unpaired) electrons. The lowest BCUT2D eigenvalue weighted by Gasteiger charge is -2.24. The summed E-state index contributed by atoms with van der Waals surface area (Å²) in [6, 6.07) is 5.13. The van der Waals surface area contributed by atoms with E-state index < -0.39 is 17.8 Å². The van der Waals surface area contributed by atoms with Crippen molar-refractivity contribution in [1.29, 1.82) is 0 Å². The van der Waals surface area contributed by atoms with E-state index in [1.54, 1.807) is 24.3 Å². The number of carboxylic acid groups (broad SMARTS) is 1. The molecule has 1 aromatic rings. The summed E-state index contributed by atoms with van der Waals surface area (Å²) in [6.45, 7) is 0. The molecular weight excluding hydrogens is 346 g/mol. The quantitative estimate of drug-likeness (QED) is 0.810. The van der Waals surface area contributed by atoms with Crippen LogP contribution in [0.3, 0.4) is 0 Å². The summed E-state index contributed by atoms with van der Waals surface area (Å²) in [5.41, 5.74) is 0.543. The molecule has 0 aliphatic heterocycles. The molecule has 1 aliphatic carbocycles. The van der Waals surface area contributed by atoms with Crippen molar-refractivity contribution < 1.29 is 14.7 Å². The maximum absolute atomic E-state index is 12.3. The van der Waals surface area contributed by atoms with Crippen molar-refractivity contribution in [2.24, 2.45) is 11.8 Å². The van der Waals surface area contributed by atoms with Gasteiger partial charge in [-0.15, -0.1) is 0 Å². The number of benzene rings is 1. The second-order valence-electron chi connectivity index (χ2n) is 4.58. The molecule has 6 heteroatoms. The van der Waals surface area contributed by atoms with Crippen LogP contribution in [0.15, 0.2) is 34.8 Å². The summed E-state index contributed by atoms with van der Waals surface area (Å²) < 4.78 is 0.591. The van der Waals surface area contributed by atoms with Gasteiger partial charge in [0, 0.05) is 0 Å². The first-order valence-electron chi connectivity index (χ1n) is 6.13. The summed E-state index contributed by atoms with van der Waals surface area (Å²) in [5.74, 6) is -2.49. The fourth-order valence-corrected chi connectivity index (χ4v) is 2.74. The monoisotopic (exact) mass is 357 g/mol. The number of anilines is 1. The van der Waals surface area contributed by atoms with Gasteiger partial charge in [0.2, 0.25) is 5.91 Å². The Kier molecular flexibility index (Phi) is 4.83. The van der Waals surface area contributed by atoms with E-state index in [-0.39, 0.29) is 5.91 Å². The van der Waals surface area contributed by atoms with E-state index in [1.165, 1.54) is 0 Å². The maximum atomic E-state index is 12.3. The molecule has 2 atom stereocenters. The Labute approximate surface area is 129 Å². The van der Waals surface area contributed by atoms with Gasteiger partial charge in [-0.3, -0.25) is 9.59 Å². The van der Waals surface area contributed by atoms with Crippen LogP contribution in [-0.4, -0.2) is 17.0 Å². The first kappa shape index (κ1) is 15.1. The van der Waals surface area contributed by atoms with Crippen molar-refractivity contribution in [3.63, 3.8) is 0 Å². The molecule has 1 amide bonds. The molecule has 106 valence electrons. The number of nitrogens with one attached hydrogen (secondary N) is 1. The van der Waals surface area contributed by atoms with Gasteiger partial charge in [0.15, 0.2) is 0 Å². The molecule has 1 aliphatic rings. The Morgan fingerprint density at radius 3 is 2.55 bits per heavy atom. The molecule has 0 aromatic heterocycles. The number of hydrogen-bond acceptors (Lipinski definition) is 2. The van der Waals surface area contributed by atoms with E-state index in [1.807, 2.05) is 6.08 Å². The highest BCUT2D eigenvalue weighted by atomic mass is 79.9. The molecule has 0 bridgehead atoms. The Hall–Kier alpha value is -1.33. The first-order valence-corrected chi connectivity index (χ1v) is 7.30. The topological polar surface area (TPSA) is 66.4 Å². The number of carbonyl (C=O) groups is 2. The number of carbonyl (C=O) groups excluding carboxylic acids is 1. The SMILES string of the molecule is O=C(O)[C@H]1CC=CC[C@H]1C(=O)Nc1cccc(Cl)c1Br. The van der Waals surface area contributed by atoms with Crippen LogP contribution in [0.5, 0.6) is 0 Å². The van der Waals surface area contributed by atoms with Crippen molar-refractivity contribution in [3.8, 4) is 0 Å². The van der Waals surface area contributed by atoms with Crippen LogP contribution in [-0.2, 0) is 9.59 Å². The van der Waals surface area contributed by atoms with Gasteiger partial charge in [0.1, 0.15) is 0 Å². The van der Waals surface area contributed by atoms with Crippen LogP contribution in [0, 0.1) is 11.8 Å². The van der Waals surface area contributed by atoms with Crippen molar-refractivity contribution in [2.45, 2.75) is 12.8 Å². The zero-order valence-corrected chi connectivity index (χ0v) is 12.8. The van der Waals surface area contributed by atoms with Crippen LogP contribution in [0.2, 0.25) is 5.02 Å². The van der Waals surface area contributed by atoms with E-state index in [0.29, 0.717) is 28.0 Å². The molecule has 4 nitrogen and oxygen atoms in total. The highest BCUT2D eigenvalue weighted by Crippen LogP contribution is 2.32. The summed E-state index contributed by atoms with van der Waals surface area (Å²) in [4.78, 5) is 23.5. The third kappa shape index (κ3) is 3.22. The van der Waals surface area contributed by atoms with Crippen molar-refractivity contribution in [3.05, 3.63) is 39.8 Å². The third-order valence-electron chi connectivity index (χ3n) is 3.30. The van der Waals surface area contributed by atoms with Crippen molar-refractivity contribution in [1.82, 2.24) is 0 Å². The van der Waals surface area contributed by atoms with Gasteiger partial charge in [-0.05, 0) is 40.9 Å². The lowest BCUT2D eigenvalue weighted by molar-refractivity contribution is -0.146. The minimum Gasteiger partial charge on any atom is -0.481 e. The van der Waals surface area contributed by atoms with Gasteiger partial charge < -0.3 is 10.4 Å². The number of amides is 1. The second-order valence-corrected chi connectivity index (χ2v) is 5.78. The van der Waals surface area contributed by atoms with Gasteiger partial charge >= 0.3 is 5.97 Å².